The molecule has 72 valence electrons. The minimum absolute atomic E-state index is 0. The van der Waals surface area contributed by atoms with Crippen molar-refractivity contribution in [2.24, 2.45) is 0 Å². The molecule has 13 heavy (non-hydrogen) atoms. The molecule has 0 saturated heterocycles. The van der Waals surface area contributed by atoms with Gasteiger partial charge in [0.1, 0.15) is 0 Å². The molecule has 0 rings (SSSR count). The fraction of sp³-hybridized carbons (Fsp3) is 0. The zero-order valence-electron chi connectivity index (χ0n) is 5.75. The van der Waals surface area contributed by atoms with E-state index in [9.17, 15) is 0 Å². The molecule has 0 aliphatic heterocycles. The maximum atomic E-state index is 8.63. The van der Waals surface area contributed by atoms with E-state index in [2.05, 4.69) is 0 Å². The molecule has 1 N–H and O–H groups in total. The molecule has 8 nitrogen and oxygen atoms in total. The van der Waals surface area contributed by atoms with Crippen LogP contribution in [0.2, 0.25) is 0 Å². The van der Waals surface area contributed by atoms with Crippen LogP contribution in [0.25, 0.3) is 0 Å². The summed E-state index contributed by atoms with van der Waals surface area (Å²) < 4.78 is 32.8. The van der Waals surface area contributed by atoms with Crippen LogP contribution in [0.3, 0.4) is 0 Å². The van der Waals surface area contributed by atoms with Crippen molar-refractivity contribution in [2.45, 2.75) is 0 Å². The second-order valence-corrected chi connectivity index (χ2v) is 2.78. The minimum atomic E-state index is -5.61. The third kappa shape index (κ3) is 1030. The van der Waals surface area contributed by atoms with Gasteiger partial charge in [-0.15, -0.1) is 0 Å². The van der Waals surface area contributed by atoms with Crippen LogP contribution in [0.1, 0.15) is 0 Å². The molecule has 0 aliphatic carbocycles. The van der Waals surface area contributed by atoms with E-state index < -0.39 is 19.4 Å². The Morgan fingerprint density at radius 2 is 1.00 bits per heavy atom. The Kier molecular flexibility index (Phi) is 25.5. The van der Waals surface area contributed by atoms with Gasteiger partial charge in [-0.05, 0) is 0 Å². The topological polar surface area (TPSA) is 170 Å². The van der Waals surface area contributed by atoms with Gasteiger partial charge in [-0.1, -0.05) is 0 Å². The summed E-state index contributed by atoms with van der Waals surface area (Å²) in [4.78, 5) is 34.3. The second-order valence-electron chi connectivity index (χ2n) is 0.928. The van der Waals surface area contributed by atoms with Crippen molar-refractivity contribution in [1.29, 1.82) is 0 Å². The van der Waals surface area contributed by atoms with Gasteiger partial charge in [0.05, 0.1) is 0 Å². The van der Waals surface area contributed by atoms with Crippen molar-refractivity contribution in [3.05, 3.63) is 0 Å². The van der Waals surface area contributed by atoms with E-state index in [0.29, 0.717) is 0 Å². The van der Waals surface area contributed by atoms with Gasteiger partial charge < -0.3 is 45.2 Å². The van der Waals surface area contributed by atoms with Crippen molar-refractivity contribution < 1.29 is 49.1 Å². The zero-order chi connectivity index (χ0) is 9.00. The van der Waals surface area contributed by atoms with Crippen LogP contribution in [-0.2, 0) is 10.4 Å². The largest absolute Gasteiger partial charge is 3.00 e. The molecule has 0 unspecified atom stereocenters. The molecule has 0 radical (unpaired) electrons. The van der Waals surface area contributed by atoms with Crippen LogP contribution in [0.5, 0.6) is 0 Å². The van der Waals surface area contributed by atoms with Crippen LogP contribution in [0, 0.1) is 0 Å². The van der Waals surface area contributed by atoms with Crippen molar-refractivity contribution >= 4 is 54.2 Å². The van der Waals surface area contributed by atoms with Crippen LogP contribution >= 0.6 is 0 Å². The number of hydrogen-bond acceptors (Lipinski definition) is 7. The molecular weight excluding hydrogens is 278 g/mol. The van der Waals surface area contributed by atoms with Gasteiger partial charge in [-0.2, -0.15) is 0 Å². The molecule has 0 saturated carbocycles. The van der Waals surface area contributed by atoms with Crippen LogP contribution in [-0.4, -0.2) is 61.3 Å². The Hall–Kier alpha value is 1.28. The number of halogens is 1. The average Bonchev–Trinajstić information content (AvgIpc) is 1.12. The number of rotatable bonds is 0. The molecular formula is HAl2ClO8SSi. The van der Waals surface area contributed by atoms with Crippen molar-refractivity contribution in [1.82, 2.24) is 0 Å². The smallest absolute Gasteiger partial charge is 1.00 e. The number of hydrogen-bond donors (Lipinski definition) is 1. The Bertz CT molecular complexity index is 157. The maximum Gasteiger partial charge on any atom is 3.00 e. The predicted molar refractivity (Wildman–Crippen MR) is 29.6 cm³/mol. The summed E-state index contributed by atoms with van der Waals surface area (Å²) in [5.74, 6) is 0. The van der Waals surface area contributed by atoms with E-state index in [0.717, 1.165) is 0 Å². The molecule has 0 fully saturated rings. The van der Waals surface area contributed by atoms with Crippen molar-refractivity contribution in [2.75, 3.05) is 0 Å². The fourth-order valence-electron chi connectivity index (χ4n) is 0. The van der Waals surface area contributed by atoms with Gasteiger partial charge in [0.2, 0.25) is 10.4 Å². The van der Waals surface area contributed by atoms with E-state index in [1.165, 1.54) is 0 Å². The van der Waals surface area contributed by atoms with E-state index in [1.54, 1.807) is 0 Å². The molecule has 0 atom stereocenters. The van der Waals surface area contributed by atoms with E-state index in [-0.39, 0.29) is 47.1 Å². The molecule has 0 bridgehead atoms. The fourth-order valence-corrected chi connectivity index (χ4v) is 0. The minimum Gasteiger partial charge on any atom is -1.00 e. The van der Waals surface area contributed by atoms with Gasteiger partial charge in [0.25, 0.3) is 0 Å². The first kappa shape index (κ1) is 29.2. The van der Waals surface area contributed by atoms with E-state index in [1.807, 2.05) is 0 Å². The predicted octanol–water partition coefficient (Wildman–Crippen LogP) is -9.89. The van der Waals surface area contributed by atoms with Crippen LogP contribution in [0.15, 0.2) is 0 Å². The summed E-state index contributed by atoms with van der Waals surface area (Å²) in [7, 11) is -10.5. The first-order valence-electron chi connectivity index (χ1n) is 1.50. The molecule has 0 aromatic carbocycles. The first-order valence-corrected chi connectivity index (χ1v) is 4.50. The summed E-state index contributed by atoms with van der Waals surface area (Å²) in [6.45, 7) is 0. The third-order valence-electron chi connectivity index (χ3n) is 0. The molecule has 0 spiro atoms. The summed E-state index contributed by atoms with van der Waals surface area (Å²) in [6.07, 6.45) is 0. The Morgan fingerprint density at radius 1 is 1.00 bits per heavy atom. The maximum absolute atomic E-state index is 8.63. The van der Waals surface area contributed by atoms with Gasteiger partial charge in [-0.3, -0.25) is 4.55 Å². The molecule has 13 heteroatoms. The van der Waals surface area contributed by atoms with Gasteiger partial charge in [0.15, 0.2) is 0 Å². The van der Waals surface area contributed by atoms with Crippen LogP contribution in [0.4, 0.5) is 0 Å². The molecule has 0 heterocycles. The van der Waals surface area contributed by atoms with Gasteiger partial charge in [-0.25, -0.2) is 8.42 Å². The quantitative estimate of drug-likeness (QED) is 0.258. The molecule has 0 amide bonds. The van der Waals surface area contributed by atoms with E-state index in [4.69, 9.17) is 36.7 Å². The van der Waals surface area contributed by atoms with Crippen LogP contribution < -0.4 is 31.6 Å². The summed E-state index contributed by atoms with van der Waals surface area (Å²) in [6, 6.07) is 0. The Morgan fingerprint density at radius 3 is 1.00 bits per heavy atom. The Balaban J connectivity index is -0.0000000267. The molecule has 0 aromatic rings. The van der Waals surface area contributed by atoms with Crippen molar-refractivity contribution in [3.8, 4) is 0 Å². The van der Waals surface area contributed by atoms with E-state index >= 15 is 0 Å². The monoisotopic (exact) mass is 278 g/mol. The Labute approximate surface area is 103 Å². The first-order chi connectivity index (χ1) is 4.00. The zero-order valence-corrected chi connectivity index (χ0v) is 10.6. The van der Waals surface area contributed by atoms with Gasteiger partial charge >= 0.3 is 34.7 Å². The van der Waals surface area contributed by atoms with Gasteiger partial charge in [0, 0.05) is 0 Å². The summed E-state index contributed by atoms with van der Waals surface area (Å²) in [5, 5.41) is 0. The molecule has 0 aromatic heterocycles. The standard InChI is InChI=1S/2Al.ClH.H2O4S.O4Si/c;;;2*1-5(2,3)4/h;;1H;(H2,1,2,3,4);/q2*+3;;;-4/p-2. The SMILES string of the molecule is O=S(=O)([O-])O.[Al+3].[Al+3].[Cl-].[O-][Si]([O-])([O-])[O-]. The molecule has 0 aliphatic rings. The summed E-state index contributed by atoms with van der Waals surface area (Å²) >= 11 is 0. The van der Waals surface area contributed by atoms with Crippen molar-refractivity contribution in [3.63, 3.8) is 0 Å². The average molecular weight is 279 g/mol. The third-order valence-corrected chi connectivity index (χ3v) is 0. The normalized spacial score (nSPS) is 9.08. The summed E-state index contributed by atoms with van der Waals surface area (Å²) in [5.41, 5.74) is 0. The second kappa shape index (κ2) is 11.4.